The lowest BCUT2D eigenvalue weighted by atomic mass is 9.78. The van der Waals surface area contributed by atoms with Gasteiger partial charge in [0.05, 0.1) is 10.6 Å². The van der Waals surface area contributed by atoms with Crippen LogP contribution in [0.3, 0.4) is 0 Å². The maximum Gasteiger partial charge on any atom is 0.325 e. The number of Topliss-reactive ketones (excluding diaryl/α,β-unsaturated/α-hetero) is 1. The number of ketones is 1. The molecule has 6 heteroatoms. The zero-order valence-electron chi connectivity index (χ0n) is 12.0. The number of thiazole rings is 1. The van der Waals surface area contributed by atoms with E-state index in [9.17, 15) is 9.59 Å². The van der Waals surface area contributed by atoms with Gasteiger partial charge >= 0.3 is 6.03 Å². The molecule has 2 rings (SSSR count). The molecule has 0 N–H and O–H groups in total. The number of urea groups is 1. The Bertz CT molecular complexity index is 534. The summed E-state index contributed by atoms with van der Waals surface area (Å²) in [7, 11) is 5.07. The number of rotatable bonds is 1. The van der Waals surface area contributed by atoms with Crippen LogP contribution in [0.25, 0.3) is 0 Å². The van der Waals surface area contributed by atoms with Crippen LogP contribution in [0.15, 0.2) is 0 Å². The first-order valence-corrected chi connectivity index (χ1v) is 7.01. The molecule has 1 aromatic rings. The molecule has 0 bridgehead atoms. The minimum Gasteiger partial charge on any atom is -0.330 e. The molecule has 0 saturated carbocycles. The molecule has 2 amide bonds. The van der Waals surface area contributed by atoms with Crippen LogP contribution in [0.5, 0.6) is 0 Å². The SMILES string of the molecule is CN(C)C(=O)N(C)c1nc2c(s1)C(=O)CC(C)(C)C2. The average Bonchev–Trinajstić information content (AvgIpc) is 2.69. The number of hydrogen-bond donors (Lipinski definition) is 0. The summed E-state index contributed by atoms with van der Waals surface area (Å²) in [6.45, 7) is 4.14. The standard InChI is InChI=1S/C13H19N3O2S/c1-13(2)6-8-10(9(17)7-13)19-11(14-8)16(5)12(18)15(3)4/h6-7H2,1-5H3. The molecule has 0 aromatic carbocycles. The molecule has 0 spiro atoms. The average molecular weight is 281 g/mol. The van der Waals surface area contributed by atoms with Gasteiger partial charge in [0.1, 0.15) is 0 Å². The van der Waals surface area contributed by atoms with Crippen molar-refractivity contribution >= 4 is 28.3 Å². The molecular formula is C13H19N3O2S. The van der Waals surface area contributed by atoms with E-state index in [1.165, 1.54) is 21.1 Å². The van der Waals surface area contributed by atoms with Crippen molar-refractivity contribution in [1.29, 1.82) is 0 Å². The highest BCUT2D eigenvalue weighted by molar-refractivity contribution is 7.17. The third-order valence-electron chi connectivity index (χ3n) is 3.18. The van der Waals surface area contributed by atoms with Crippen LogP contribution in [0, 0.1) is 5.41 Å². The molecule has 1 aromatic heterocycles. The Labute approximate surface area is 117 Å². The van der Waals surface area contributed by atoms with Crippen molar-refractivity contribution in [3.63, 3.8) is 0 Å². The maximum atomic E-state index is 12.1. The summed E-state index contributed by atoms with van der Waals surface area (Å²) >= 11 is 1.32. The minimum absolute atomic E-state index is 0.0421. The van der Waals surface area contributed by atoms with Gasteiger partial charge in [-0.1, -0.05) is 25.2 Å². The first kappa shape index (κ1) is 14.0. The largest absolute Gasteiger partial charge is 0.330 e. The molecule has 0 saturated heterocycles. The van der Waals surface area contributed by atoms with E-state index in [1.54, 1.807) is 21.1 Å². The topological polar surface area (TPSA) is 53.5 Å². The number of aromatic nitrogens is 1. The van der Waals surface area contributed by atoms with E-state index in [0.717, 1.165) is 12.1 Å². The van der Waals surface area contributed by atoms with Crippen LogP contribution in [-0.4, -0.2) is 42.8 Å². The molecule has 1 aliphatic rings. The molecule has 5 nitrogen and oxygen atoms in total. The van der Waals surface area contributed by atoms with Gasteiger partial charge in [0.2, 0.25) is 0 Å². The predicted octanol–water partition coefficient (Wildman–Crippen LogP) is 2.42. The molecule has 0 atom stereocenters. The monoisotopic (exact) mass is 281 g/mol. The Morgan fingerprint density at radius 3 is 2.47 bits per heavy atom. The quantitative estimate of drug-likeness (QED) is 0.794. The van der Waals surface area contributed by atoms with E-state index in [4.69, 9.17) is 0 Å². The summed E-state index contributed by atoms with van der Waals surface area (Å²) in [6.07, 6.45) is 1.33. The summed E-state index contributed by atoms with van der Waals surface area (Å²) in [5.74, 6) is 0.140. The van der Waals surface area contributed by atoms with Gasteiger partial charge < -0.3 is 4.90 Å². The lowest BCUT2D eigenvalue weighted by Gasteiger charge is -2.26. The third-order valence-corrected chi connectivity index (χ3v) is 4.40. The molecule has 0 radical (unpaired) electrons. The van der Waals surface area contributed by atoms with Crippen molar-refractivity contribution in [2.45, 2.75) is 26.7 Å². The second-order valence-electron chi connectivity index (χ2n) is 5.95. The zero-order chi connectivity index (χ0) is 14.4. The van der Waals surface area contributed by atoms with Gasteiger partial charge in [0, 0.05) is 27.6 Å². The fourth-order valence-electron chi connectivity index (χ4n) is 2.23. The van der Waals surface area contributed by atoms with Gasteiger partial charge in [-0.2, -0.15) is 0 Å². The first-order valence-electron chi connectivity index (χ1n) is 6.19. The summed E-state index contributed by atoms with van der Waals surface area (Å²) in [6, 6.07) is -0.141. The highest BCUT2D eigenvalue weighted by atomic mass is 32.1. The van der Waals surface area contributed by atoms with Crippen molar-refractivity contribution in [2.75, 3.05) is 26.0 Å². The fraction of sp³-hybridized carbons (Fsp3) is 0.615. The van der Waals surface area contributed by atoms with Crippen molar-refractivity contribution in [3.05, 3.63) is 10.6 Å². The molecule has 1 aliphatic carbocycles. The Morgan fingerprint density at radius 1 is 1.26 bits per heavy atom. The van der Waals surface area contributed by atoms with Crippen molar-refractivity contribution < 1.29 is 9.59 Å². The molecule has 0 fully saturated rings. The van der Waals surface area contributed by atoms with Crippen molar-refractivity contribution in [3.8, 4) is 0 Å². The Hall–Kier alpha value is -1.43. The van der Waals surface area contributed by atoms with Gasteiger partial charge in [-0.05, 0) is 11.8 Å². The minimum atomic E-state index is -0.141. The summed E-state index contributed by atoms with van der Waals surface area (Å²) in [5.41, 5.74) is 0.791. The number of carbonyl (C=O) groups excluding carboxylic acids is 2. The van der Waals surface area contributed by atoms with E-state index in [0.29, 0.717) is 16.4 Å². The highest BCUT2D eigenvalue weighted by Crippen LogP contribution is 2.39. The van der Waals surface area contributed by atoms with E-state index in [-0.39, 0.29) is 17.2 Å². The predicted molar refractivity (Wildman–Crippen MR) is 76.0 cm³/mol. The van der Waals surface area contributed by atoms with E-state index in [2.05, 4.69) is 18.8 Å². The summed E-state index contributed by atoms with van der Waals surface area (Å²) in [4.78, 5) is 32.2. The Balaban J connectivity index is 2.33. The Morgan fingerprint density at radius 2 is 1.89 bits per heavy atom. The molecule has 0 unspecified atom stereocenters. The first-order chi connectivity index (χ1) is 8.71. The number of fused-ring (bicyclic) bond motifs is 1. The van der Waals surface area contributed by atoms with Crippen LogP contribution >= 0.6 is 11.3 Å². The lowest BCUT2D eigenvalue weighted by molar-refractivity contribution is 0.0916. The van der Waals surface area contributed by atoms with Gasteiger partial charge in [-0.3, -0.25) is 9.69 Å². The van der Waals surface area contributed by atoms with Crippen LogP contribution in [0.4, 0.5) is 9.93 Å². The van der Waals surface area contributed by atoms with Crippen LogP contribution < -0.4 is 4.90 Å². The molecule has 1 heterocycles. The number of amides is 2. The number of carbonyl (C=O) groups is 2. The Kier molecular flexibility index (Phi) is 3.38. The van der Waals surface area contributed by atoms with Crippen molar-refractivity contribution in [2.24, 2.45) is 5.41 Å². The van der Waals surface area contributed by atoms with Crippen LogP contribution in [-0.2, 0) is 6.42 Å². The van der Waals surface area contributed by atoms with Gasteiger partial charge in [-0.25, -0.2) is 9.78 Å². The third kappa shape index (κ3) is 2.63. The van der Waals surface area contributed by atoms with E-state index in [1.807, 2.05) is 0 Å². The fourth-order valence-corrected chi connectivity index (χ4v) is 3.21. The van der Waals surface area contributed by atoms with Gasteiger partial charge in [-0.15, -0.1) is 0 Å². The van der Waals surface area contributed by atoms with E-state index >= 15 is 0 Å². The molecular weight excluding hydrogens is 262 g/mol. The second kappa shape index (κ2) is 4.59. The van der Waals surface area contributed by atoms with Crippen LogP contribution in [0.2, 0.25) is 0 Å². The van der Waals surface area contributed by atoms with Gasteiger partial charge in [0.15, 0.2) is 10.9 Å². The lowest BCUT2D eigenvalue weighted by Crippen LogP contribution is -2.36. The normalized spacial score (nSPS) is 17.0. The molecule has 104 valence electrons. The molecule has 0 aliphatic heterocycles. The smallest absolute Gasteiger partial charge is 0.325 e. The number of hydrogen-bond acceptors (Lipinski definition) is 4. The van der Waals surface area contributed by atoms with Crippen LogP contribution in [0.1, 0.15) is 35.6 Å². The summed E-state index contributed by atoms with van der Waals surface area (Å²) < 4.78 is 0. The van der Waals surface area contributed by atoms with Gasteiger partial charge in [0.25, 0.3) is 0 Å². The molecule has 19 heavy (non-hydrogen) atoms. The number of anilines is 1. The highest BCUT2D eigenvalue weighted by Gasteiger charge is 2.34. The van der Waals surface area contributed by atoms with E-state index < -0.39 is 0 Å². The number of nitrogens with zero attached hydrogens (tertiary/aromatic N) is 3. The summed E-state index contributed by atoms with van der Waals surface area (Å²) in [5, 5.41) is 0.592. The van der Waals surface area contributed by atoms with Crippen molar-refractivity contribution in [1.82, 2.24) is 9.88 Å². The maximum absolute atomic E-state index is 12.1. The zero-order valence-corrected chi connectivity index (χ0v) is 12.8. The second-order valence-corrected chi connectivity index (χ2v) is 6.93.